The van der Waals surface area contributed by atoms with E-state index in [9.17, 15) is 4.79 Å². The second-order valence-corrected chi connectivity index (χ2v) is 6.64. The van der Waals surface area contributed by atoms with Gasteiger partial charge in [0.15, 0.2) is 0 Å². The number of anilines is 1. The van der Waals surface area contributed by atoms with E-state index in [4.69, 9.17) is 10.4 Å². The van der Waals surface area contributed by atoms with Crippen LogP contribution >= 0.6 is 0 Å². The molecule has 1 heterocycles. The molecule has 4 nitrogen and oxygen atoms in total. The first-order chi connectivity index (χ1) is 13.7. The lowest BCUT2D eigenvalue weighted by atomic mass is 9.98. The molecule has 1 N–H and O–H groups in total. The minimum Gasteiger partial charge on any atom is -0.477 e. The van der Waals surface area contributed by atoms with Gasteiger partial charge in [-0.05, 0) is 47.7 Å². The Kier molecular flexibility index (Phi) is 6.43. The lowest BCUT2D eigenvalue weighted by molar-refractivity contribution is -0.132. The molecular formula is C24H22N2O2. The fourth-order valence-corrected chi connectivity index (χ4v) is 3.31. The molecular weight excluding hydrogens is 348 g/mol. The minimum absolute atomic E-state index is 0.281. The number of carbonyl (C=O) groups is 1. The smallest absolute Gasteiger partial charge is 0.346 e. The van der Waals surface area contributed by atoms with Crippen LogP contribution in [0.4, 0.5) is 5.69 Å². The van der Waals surface area contributed by atoms with Gasteiger partial charge in [-0.3, -0.25) is 0 Å². The molecule has 140 valence electrons. The molecule has 2 aromatic carbocycles. The third-order valence-corrected chi connectivity index (χ3v) is 4.66. The Morgan fingerprint density at radius 3 is 2.71 bits per heavy atom. The summed E-state index contributed by atoms with van der Waals surface area (Å²) in [6.07, 6.45) is 10.6. The summed E-state index contributed by atoms with van der Waals surface area (Å²) in [7, 11) is 0. The highest BCUT2D eigenvalue weighted by molar-refractivity contribution is 5.91. The first-order valence-electron chi connectivity index (χ1n) is 9.27. The zero-order chi connectivity index (χ0) is 19.8. The number of nitrogens with zero attached hydrogens (tertiary/aromatic N) is 2. The van der Waals surface area contributed by atoms with Gasteiger partial charge in [0, 0.05) is 18.8 Å². The number of aryl methyl sites for hydroxylation is 1. The van der Waals surface area contributed by atoms with Gasteiger partial charge in [0.2, 0.25) is 0 Å². The Bertz CT molecular complexity index is 966. The molecule has 0 radical (unpaired) electrons. The van der Waals surface area contributed by atoms with Crippen molar-refractivity contribution in [1.29, 1.82) is 5.26 Å². The molecule has 0 amide bonds. The SMILES string of the molecule is N#CC(=CC=CC=Cc1ccc2c(c1)CCCN2Cc1ccccc1)C(=O)O. The van der Waals surface area contributed by atoms with E-state index >= 15 is 0 Å². The van der Waals surface area contributed by atoms with Gasteiger partial charge < -0.3 is 10.0 Å². The molecule has 2 aromatic rings. The van der Waals surface area contributed by atoms with Crippen molar-refractivity contribution in [2.75, 3.05) is 11.4 Å². The van der Waals surface area contributed by atoms with E-state index < -0.39 is 5.97 Å². The second kappa shape index (κ2) is 9.38. The van der Waals surface area contributed by atoms with E-state index in [0.717, 1.165) is 31.5 Å². The maximum Gasteiger partial charge on any atom is 0.346 e. The highest BCUT2D eigenvalue weighted by Gasteiger charge is 2.16. The molecule has 0 saturated heterocycles. The molecule has 0 fully saturated rings. The lowest BCUT2D eigenvalue weighted by Crippen LogP contribution is -2.28. The van der Waals surface area contributed by atoms with Crippen molar-refractivity contribution in [3.05, 3.63) is 95.1 Å². The zero-order valence-corrected chi connectivity index (χ0v) is 15.6. The Balaban J connectivity index is 1.69. The molecule has 3 rings (SSSR count). The summed E-state index contributed by atoms with van der Waals surface area (Å²) in [5.74, 6) is -1.22. The van der Waals surface area contributed by atoms with E-state index in [2.05, 4.69) is 47.4 Å². The highest BCUT2D eigenvalue weighted by atomic mass is 16.4. The quantitative estimate of drug-likeness (QED) is 0.453. The van der Waals surface area contributed by atoms with Crippen molar-refractivity contribution in [1.82, 2.24) is 0 Å². The molecule has 0 saturated carbocycles. The molecule has 1 aliphatic rings. The summed E-state index contributed by atoms with van der Waals surface area (Å²) in [5.41, 5.74) is 4.79. The Labute approximate surface area is 165 Å². The molecule has 0 bridgehead atoms. The van der Waals surface area contributed by atoms with E-state index in [1.165, 1.54) is 22.9 Å². The third kappa shape index (κ3) is 4.99. The summed E-state index contributed by atoms with van der Waals surface area (Å²) >= 11 is 0. The minimum atomic E-state index is -1.22. The average molecular weight is 370 g/mol. The van der Waals surface area contributed by atoms with Crippen molar-refractivity contribution in [2.24, 2.45) is 0 Å². The first kappa shape index (κ1) is 19.2. The molecule has 0 aromatic heterocycles. The summed E-state index contributed by atoms with van der Waals surface area (Å²) in [6, 6.07) is 18.7. The van der Waals surface area contributed by atoms with Gasteiger partial charge in [0.25, 0.3) is 0 Å². The van der Waals surface area contributed by atoms with Gasteiger partial charge in [-0.25, -0.2) is 4.79 Å². The number of nitriles is 1. The van der Waals surface area contributed by atoms with Gasteiger partial charge in [0.05, 0.1) is 0 Å². The largest absolute Gasteiger partial charge is 0.477 e. The van der Waals surface area contributed by atoms with Crippen LogP contribution in [0.2, 0.25) is 0 Å². The second-order valence-electron chi connectivity index (χ2n) is 6.64. The third-order valence-electron chi connectivity index (χ3n) is 4.66. The van der Waals surface area contributed by atoms with E-state index in [1.54, 1.807) is 18.2 Å². The number of benzene rings is 2. The van der Waals surface area contributed by atoms with Crippen molar-refractivity contribution >= 4 is 17.7 Å². The van der Waals surface area contributed by atoms with Crippen LogP contribution in [0.3, 0.4) is 0 Å². The van der Waals surface area contributed by atoms with Crippen LogP contribution in [-0.2, 0) is 17.8 Å². The van der Waals surface area contributed by atoms with Gasteiger partial charge in [-0.1, -0.05) is 60.7 Å². The Hall–Kier alpha value is -3.58. The maximum absolute atomic E-state index is 10.7. The monoisotopic (exact) mass is 370 g/mol. The summed E-state index contributed by atoms with van der Waals surface area (Å²) in [5, 5.41) is 17.5. The summed E-state index contributed by atoms with van der Waals surface area (Å²) in [4.78, 5) is 13.2. The van der Waals surface area contributed by atoms with Gasteiger partial charge >= 0.3 is 5.97 Å². The molecule has 1 aliphatic heterocycles. The van der Waals surface area contributed by atoms with Gasteiger partial charge in [-0.15, -0.1) is 0 Å². The summed E-state index contributed by atoms with van der Waals surface area (Å²) < 4.78 is 0. The van der Waals surface area contributed by atoms with E-state index in [-0.39, 0.29) is 5.57 Å². The van der Waals surface area contributed by atoms with Crippen LogP contribution in [0.25, 0.3) is 6.08 Å². The molecule has 0 atom stereocenters. The maximum atomic E-state index is 10.7. The number of hydrogen-bond acceptors (Lipinski definition) is 3. The number of carboxylic acids is 1. The molecule has 0 spiro atoms. The Morgan fingerprint density at radius 1 is 1.14 bits per heavy atom. The van der Waals surface area contributed by atoms with Crippen LogP contribution in [0.1, 0.15) is 23.1 Å². The molecule has 4 heteroatoms. The van der Waals surface area contributed by atoms with Crippen molar-refractivity contribution < 1.29 is 9.90 Å². The number of hydrogen-bond donors (Lipinski definition) is 1. The standard InChI is InChI=1S/C24H22N2O2/c25-17-22(24(27)28)11-6-2-3-8-19-13-14-23-21(16-19)12-7-15-26(23)18-20-9-4-1-5-10-20/h1-6,8-11,13-14,16H,7,12,15,18H2,(H,27,28). The van der Waals surface area contributed by atoms with Crippen LogP contribution < -0.4 is 4.90 Å². The predicted octanol–water partition coefficient (Wildman–Crippen LogP) is 4.74. The fourth-order valence-electron chi connectivity index (χ4n) is 3.31. The van der Waals surface area contributed by atoms with Crippen LogP contribution in [0, 0.1) is 11.3 Å². The first-order valence-corrected chi connectivity index (χ1v) is 9.27. The van der Waals surface area contributed by atoms with Crippen LogP contribution in [0.15, 0.2) is 78.4 Å². The van der Waals surface area contributed by atoms with Crippen LogP contribution in [-0.4, -0.2) is 17.6 Å². The zero-order valence-electron chi connectivity index (χ0n) is 15.6. The van der Waals surface area contributed by atoms with Crippen molar-refractivity contribution in [3.8, 4) is 6.07 Å². The Morgan fingerprint density at radius 2 is 1.96 bits per heavy atom. The number of rotatable bonds is 6. The van der Waals surface area contributed by atoms with Gasteiger partial charge in [-0.2, -0.15) is 5.26 Å². The molecule has 28 heavy (non-hydrogen) atoms. The number of allylic oxidation sites excluding steroid dienone is 4. The van der Waals surface area contributed by atoms with Crippen molar-refractivity contribution in [2.45, 2.75) is 19.4 Å². The lowest BCUT2D eigenvalue weighted by Gasteiger charge is -2.31. The fraction of sp³-hybridized carbons (Fsp3) is 0.167. The number of aliphatic carboxylic acids is 1. The average Bonchev–Trinajstić information content (AvgIpc) is 2.71. The highest BCUT2D eigenvalue weighted by Crippen LogP contribution is 2.29. The number of carboxylic acid groups (broad SMARTS) is 1. The molecule has 0 unspecified atom stereocenters. The number of fused-ring (bicyclic) bond motifs is 1. The normalized spacial score (nSPS) is 14.2. The topological polar surface area (TPSA) is 64.3 Å². The van der Waals surface area contributed by atoms with E-state index in [0.29, 0.717) is 0 Å². The van der Waals surface area contributed by atoms with Crippen molar-refractivity contribution in [3.63, 3.8) is 0 Å². The van der Waals surface area contributed by atoms with Crippen LogP contribution in [0.5, 0.6) is 0 Å². The van der Waals surface area contributed by atoms with Gasteiger partial charge in [0.1, 0.15) is 11.6 Å². The predicted molar refractivity (Wildman–Crippen MR) is 112 cm³/mol. The van der Waals surface area contributed by atoms with E-state index in [1.807, 2.05) is 18.2 Å². The summed E-state index contributed by atoms with van der Waals surface area (Å²) in [6.45, 7) is 1.99. The molecule has 0 aliphatic carbocycles.